The summed E-state index contributed by atoms with van der Waals surface area (Å²) in [6, 6.07) is 23.7. The number of aryl methyl sites for hydroxylation is 2. The summed E-state index contributed by atoms with van der Waals surface area (Å²) in [4.78, 5) is 115. The Morgan fingerprint density at radius 1 is 0.414 bits per heavy atom. The largest absolute Gasteiger partial charge is 0.458 e. The number of hydrogen-bond donors (Lipinski definition) is 0. The summed E-state index contributed by atoms with van der Waals surface area (Å²) >= 11 is 0. The van der Waals surface area contributed by atoms with E-state index < -0.39 is 108 Å². The molecule has 6 heterocycles. The minimum atomic E-state index is -4.54. The Labute approximate surface area is 576 Å². The van der Waals surface area contributed by atoms with Crippen molar-refractivity contribution in [3.8, 4) is 23.2 Å². The van der Waals surface area contributed by atoms with Crippen LogP contribution in [-0.4, -0.2) is 131 Å². The molecule has 0 radical (unpaired) electrons. The van der Waals surface area contributed by atoms with Gasteiger partial charge >= 0.3 is 36.6 Å². The molecule has 0 fully saturated rings. The smallest absolute Gasteiger partial charge is 0.440 e. The van der Waals surface area contributed by atoms with Crippen LogP contribution in [-0.2, 0) is 48.5 Å². The second-order valence-corrected chi connectivity index (χ2v) is 31.4. The van der Waals surface area contributed by atoms with E-state index in [1.807, 2.05) is 0 Å². The van der Waals surface area contributed by atoms with Gasteiger partial charge < -0.3 is 37.3 Å². The number of Topliss-reactive ketones (excluding diaryl/α,β-unsaturated/α-hetero) is 1. The van der Waals surface area contributed by atoms with Crippen molar-refractivity contribution in [3.05, 3.63) is 120 Å². The van der Waals surface area contributed by atoms with Gasteiger partial charge in [0.15, 0.2) is 51.9 Å². The van der Waals surface area contributed by atoms with Crippen molar-refractivity contribution in [2.75, 3.05) is 10.0 Å². The Morgan fingerprint density at radius 3 is 1.06 bits per heavy atom. The molecule has 8 aromatic rings. The van der Waals surface area contributed by atoms with Gasteiger partial charge in [-0.3, -0.25) is 4.79 Å². The van der Waals surface area contributed by atoms with Crippen molar-refractivity contribution in [2.24, 2.45) is 0 Å². The number of rotatable bonds is 9. The predicted octanol–water partition coefficient (Wildman–Crippen LogP) is 15.6. The van der Waals surface area contributed by atoms with Gasteiger partial charge in [0.05, 0.1) is 20.6 Å². The topological polar surface area (TPSA) is 344 Å². The number of ether oxygens (including phenoxy) is 6. The minimum absolute atomic E-state index is 0. The Morgan fingerprint density at radius 2 is 0.737 bits per heavy atom. The number of nitrogens with zero attached hydrogens (tertiary/aromatic N) is 10. The molecule has 0 atom stereocenters. The van der Waals surface area contributed by atoms with Crippen molar-refractivity contribution in [3.63, 3.8) is 0 Å². The SMILES string of the molecule is C.C.CC(=O)c1cc2c(N(C(=O)OC(C)(C)C)N(C(=O)OC(C)(C)C)C(=O)OC(C)(C)C)nc(-c3ccc(C)o3)nc2n1S(=O)(=O)c1ccccc1.Cc1ccc(-c2nc(N(C(=O)OC(C)(C)C)N(C(=O)OC(C)(C)C)C(=O)OC(C)(C)C)c3ccn(S(=O)(=O)c4ccccc4)c3n2)o1. The Bertz CT molecular complexity index is 4500. The number of ketones is 1. The van der Waals surface area contributed by atoms with E-state index >= 15 is 0 Å². The fraction of sp³-hybridized carbons (Fsp3) is 0.426. The number of fused-ring (bicyclic) bond motifs is 2. The molecule has 536 valence electrons. The third-order valence-corrected chi connectivity index (χ3v) is 15.6. The second-order valence-electron chi connectivity index (χ2n) is 27.8. The van der Waals surface area contributed by atoms with Crippen LogP contribution < -0.4 is 10.0 Å². The van der Waals surface area contributed by atoms with E-state index in [0.29, 0.717) is 30.5 Å². The zero-order valence-electron chi connectivity index (χ0n) is 57.9. The lowest BCUT2D eigenvalue weighted by Gasteiger charge is -2.35. The number of hydrogen-bond acceptors (Lipinski definition) is 23. The molecule has 0 bridgehead atoms. The Hall–Kier alpha value is -10.2. The van der Waals surface area contributed by atoms with Crippen LogP contribution >= 0.6 is 0 Å². The molecule has 6 aromatic heterocycles. The van der Waals surface area contributed by atoms with Crippen LogP contribution in [0.4, 0.5) is 40.4 Å². The van der Waals surface area contributed by atoms with Crippen LogP contribution in [0.3, 0.4) is 0 Å². The van der Waals surface area contributed by atoms with Crippen LogP contribution in [0.1, 0.15) is 168 Å². The summed E-state index contributed by atoms with van der Waals surface area (Å²) < 4.78 is 103. The molecule has 0 saturated carbocycles. The van der Waals surface area contributed by atoms with Gasteiger partial charge in [-0.05, 0) is 199 Å². The number of furan rings is 2. The Kier molecular flexibility index (Phi) is 23.4. The van der Waals surface area contributed by atoms with Crippen molar-refractivity contribution in [2.45, 2.75) is 204 Å². The highest BCUT2D eigenvalue weighted by molar-refractivity contribution is 7.90. The number of imide groups is 2. The average molecular weight is 1410 g/mol. The minimum Gasteiger partial charge on any atom is -0.458 e. The highest BCUT2D eigenvalue weighted by Gasteiger charge is 2.46. The number of hydrazine groups is 2. The summed E-state index contributed by atoms with van der Waals surface area (Å²) in [5.41, 5.74) is -7.85. The highest BCUT2D eigenvalue weighted by Crippen LogP contribution is 2.38. The van der Waals surface area contributed by atoms with E-state index in [1.165, 1.54) is 54.7 Å². The molecular weight excluding hydrogens is 1320 g/mol. The zero-order chi connectivity index (χ0) is 72.7. The average Bonchev–Trinajstić information content (AvgIpc) is 1.62. The number of anilines is 2. The van der Waals surface area contributed by atoms with Crippen LogP contribution in [0.5, 0.6) is 0 Å². The van der Waals surface area contributed by atoms with E-state index in [0.717, 1.165) is 17.0 Å². The normalized spacial score (nSPS) is 12.2. The van der Waals surface area contributed by atoms with E-state index in [9.17, 15) is 50.4 Å². The van der Waals surface area contributed by atoms with E-state index in [4.69, 9.17) is 37.3 Å². The molecular formula is C68H88N10O19S2. The van der Waals surface area contributed by atoms with E-state index in [-0.39, 0.29) is 80.6 Å². The lowest BCUT2D eigenvalue weighted by molar-refractivity contribution is -0.00780. The number of carbonyl (C=O) groups excluding carboxylic acids is 7. The summed E-state index contributed by atoms with van der Waals surface area (Å²) in [6.07, 6.45) is -6.62. The maximum atomic E-state index is 14.3. The van der Waals surface area contributed by atoms with Crippen LogP contribution in [0.25, 0.3) is 45.2 Å². The van der Waals surface area contributed by atoms with Gasteiger partial charge in [0, 0.05) is 13.1 Å². The first-order valence-electron chi connectivity index (χ1n) is 30.1. The molecule has 0 saturated heterocycles. The first kappa shape index (κ1) is 79.5. The number of amides is 6. The van der Waals surface area contributed by atoms with E-state index in [2.05, 4.69) is 19.9 Å². The number of aromatic nitrogens is 6. The first-order chi connectivity index (χ1) is 44.5. The molecule has 8 rings (SSSR count). The van der Waals surface area contributed by atoms with Crippen molar-refractivity contribution in [1.82, 2.24) is 37.9 Å². The van der Waals surface area contributed by atoms with Gasteiger partial charge in [-0.25, -0.2) is 73.5 Å². The fourth-order valence-electron chi connectivity index (χ4n) is 8.59. The van der Waals surface area contributed by atoms with E-state index in [1.54, 1.807) is 181 Å². The molecule has 29 nitrogen and oxygen atoms in total. The van der Waals surface area contributed by atoms with Gasteiger partial charge in [0.25, 0.3) is 20.0 Å². The lowest BCUT2D eigenvalue weighted by atomic mass is 10.2. The molecule has 0 spiro atoms. The zero-order valence-corrected chi connectivity index (χ0v) is 59.5. The second kappa shape index (κ2) is 29.1. The van der Waals surface area contributed by atoms with Crippen molar-refractivity contribution in [1.29, 1.82) is 0 Å². The summed E-state index contributed by atoms with van der Waals surface area (Å²) in [7, 11) is -8.78. The maximum absolute atomic E-state index is 14.3. The molecule has 0 aliphatic heterocycles. The highest BCUT2D eigenvalue weighted by atomic mass is 32.2. The molecule has 0 aliphatic carbocycles. The van der Waals surface area contributed by atoms with Gasteiger partial charge in [-0.1, -0.05) is 51.3 Å². The molecule has 0 aliphatic rings. The molecule has 0 unspecified atom stereocenters. The lowest BCUT2D eigenvalue weighted by Crippen LogP contribution is -2.57. The molecule has 0 N–H and O–H groups in total. The molecule has 2 aromatic carbocycles. The number of benzene rings is 2. The van der Waals surface area contributed by atoms with Crippen molar-refractivity contribution < 1.29 is 87.7 Å². The predicted molar refractivity (Wildman–Crippen MR) is 367 cm³/mol. The summed E-state index contributed by atoms with van der Waals surface area (Å²) in [5, 5.41) is 1.34. The fourth-order valence-corrected chi connectivity index (χ4v) is 11.4. The molecule has 31 heteroatoms. The standard InChI is InChI=1S/C34H41N5O10S.C32H39N5O9S.2CH4/c1-20-17-18-25(46-20)26-35-27(23-19-24(21(2)40)39(28(23)36-26)50(44,45)22-15-13-12-14-16-22)37(29(41)47-32(3,4)5)38(30(42)48-33(6,7)8)31(43)49-34(9,10)11;1-20-16-17-23(43-20)24-33-25-22(18-19-35(25)47(41,42)21-14-12-11-13-15-21)26(34-24)36(27(38)44-30(2,3)4)37(28(39)45-31(5,6)7)29(40)46-32(8,9)10;;/h12-19H,1-11H3;11-19H,1-10H3;2*1H4. The molecule has 6 amide bonds. The summed E-state index contributed by atoms with van der Waals surface area (Å²) in [5.74, 6) is -0.970. The van der Waals surface area contributed by atoms with Crippen LogP contribution in [0, 0.1) is 13.8 Å². The van der Waals surface area contributed by atoms with Gasteiger partial charge in [0.2, 0.25) is 0 Å². The first-order valence-corrected chi connectivity index (χ1v) is 33.0. The summed E-state index contributed by atoms with van der Waals surface area (Å²) in [6.45, 7) is 32.6. The van der Waals surface area contributed by atoms with Crippen LogP contribution in [0.15, 0.2) is 122 Å². The third kappa shape index (κ3) is 19.4. The number of carbonyl (C=O) groups is 7. The third-order valence-electron chi connectivity index (χ3n) is 12.2. The van der Waals surface area contributed by atoms with Crippen LogP contribution in [0.2, 0.25) is 0 Å². The maximum Gasteiger partial charge on any atom is 0.440 e. The van der Waals surface area contributed by atoms with Crippen molar-refractivity contribution >= 4 is 96.1 Å². The quantitative estimate of drug-likeness (QED) is 0.0736. The molecule has 99 heavy (non-hydrogen) atoms. The Balaban J connectivity index is 0.000000351. The van der Waals surface area contributed by atoms with Gasteiger partial charge in [-0.2, -0.15) is 10.0 Å². The van der Waals surface area contributed by atoms with Gasteiger partial charge in [0.1, 0.15) is 50.8 Å². The monoisotopic (exact) mass is 1410 g/mol. The van der Waals surface area contributed by atoms with Gasteiger partial charge in [-0.15, -0.1) is 10.0 Å².